The largest absolute Gasteiger partial charge is 0.495 e. The second kappa shape index (κ2) is 8.64. The number of hydrogen-bond donors (Lipinski definition) is 1. The zero-order valence-electron chi connectivity index (χ0n) is 13.8. The van der Waals surface area contributed by atoms with Gasteiger partial charge in [-0.05, 0) is 42.5 Å². The number of nitrogens with one attached hydrogen (secondary N) is 1. The Morgan fingerprint density at radius 1 is 1.15 bits per heavy atom. The molecule has 1 aromatic carbocycles. The molecule has 2 aromatic heterocycles. The number of thioether (sulfide) groups is 1. The first-order valence-electron chi connectivity index (χ1n) is 7.67. The number of pyridine rings is 1. The molecule has 1 N–H and O–H groups in total. The maximum absolute atomic E-state index is 12.2. The molecule has 8 heteroatoms. The lowest BCUT2D eigenvalue weighted by Gasteiger charge is -2.10. The van der Waals surface area contributed by atoms with Gasteiger partial charge >= 0.3 is 0 Å². The van der Waals surface area contributed by atoms with Crippen LogP contribution < -0.4 is 10.1 Å². The van der Waals surface area contributed by atoms with Crippen molar-refractivity contribution in [1.82, 2.24) is 15.2 Å². The van der Waals surface area contributed by atoms with Gasteiger partial charge in [0, 0.05) is 11.2 Å². The quantitative estimate of drug-likeness (QED) is 0.647. The van der Waals surface area contributed by atoms with Crippen molar-refractivity contribution < 1.29 is 9.53 Å². The number of anilines is 1. The molecule has 6 nitrogen and oxygen atoms in total. The van der Waals surface area contributed by atoms with Gasteiger partial charge in [0.1, 0.15) is 16.5 Å². The Hall–Kier alpha value is -2.64. The van der Waals surface area contributed by atoms with Crippen LogP contribution in [0.25, 0.3) is 11.4 Å². The number of amides is 1. The van der Waals surface area contributed by atoms with Crippen molar-refractivity contribution >= 4 is 35.0 Å². The summed E-state index contributed by atoms with van der Waals surface area (Å²) in [7, 11) is 1.53. The van der Waals surface area contributed by atoms with Gasteiger partial charge in [0.2, 0.25) is 5.91 Å². The molecule has 0 fully saturated rings. The van der Waals surface area contributed by atoms with E-state index in [-0.39, 0.29) is 11.7 Å². The van der Waals surface area contributed by atoms with Crippen LogP contribution in [0.15, 0.2) is 59.8 Å². The highest BCUT2D eigenvalue weighted by Crippen LogP contribution is 2.28. The second-order valence-corrected chi connectivity index (χ2v) is 6.59. The van der Waals surface area contributed by atoms with Crippen LogP contribution in [-0.4, -0.2) is 34.0 Å². The number of hydrogen-bond acceptors (Lipinski definition) is 6. The summed E-state index contributed by atoms with van der Waals surface area (Å²) in [5.74, 6) is 0.547. The van der Waals surface area contributed by atoms with Crippen molar-refractivity contribution in [2.24, 2.45) is 0 Å². The van der Waals surface area contributed by atoms with E-state index in [1.165, 1.54) is 18.9 Å². The van der Waals surface area contributed by atoms with Crippen LogP contribution in [0.2, 0.25) is 5.02 Å². The summed E-state index contributed by atoms with van der Waals surface area (Å²) in [6.07, 6.45) is 1.70. The van der Waals surface area contributed by atoms with Crippen LogP contribution in [-0.2, 0) is 4.79 Å². The van der Waals surface area contributed by atoms with E-state index >= 15 is 0 Å². The Balaban J connectivity index is 1.59. The molecule has 132 valence electrons. The summed E-state index contributed by atoms with van der Waals surface area (Å²) in [5, 5.41) is 12.2. The van der Waals surface area contributed by atoms with Crippen molar-refractivity contribution in [3.63, 3.8) is 0 Å². The standard InChI is InChI=1S/C18H15ClN4O2S/c1-25-16-7-5-12(19)10-15(16)21-17(24)11-26-18-8-6-14(22-23-18)13-4-2-3-9-20-13/h2-10H,11H2,1H3,(H,21,24). The van der Waals surface area contributed by atoms with Crippen LogP contribution >= 0.6 is 23.4 Å². The number of benzene rings is 1. The molecule has 0 aliphatic carbocycles. The highest BCUT2D eigenvalue weighted by Gasteiger charge is 2.10. The smallest absolute Gasteiger partial charge is 0.234 e. The first-order valence-corrected chi connectivity index (χ1v) is 9.03. The van der Waals surface area contributed by atoms with E-state index in [1.807, 2.05) is 30.3 Å². The van der Waals surface area contributed by atoms with Gasteiger partial charge in [0.15, 0.2) is 0 Å². The molecule has 26 heavy (non-hydrogen) atoms. The summed E-state index contributed by atoms with van der Waals surface area (Å²) in [6.45, 7) is 0. The van der Waals surface area contributed by atoms with Crippen molar-refractivity contribution in [2.45, 2.75) is 5.03 Å². The van der Waals surface area contributed by atoms with E-state index < -0.39 is 0 Å². The molecule has 3 aromatic rings. The van der Waals surface area contributed by atoms with Gasteiger partial charge in [-0.15, -0.1) is 10.2 Å². The van der Waals surface area contributed by atoms with Gasteiger partial charge in [-0.3, -0.25) is 9.78 Å². The fourth-order valence-corrected chi connectivity index (χ4v) is 2.94. The molecule has 3 rings (SSSR count). The lowest BCUT2D eigenvalue weighted by molar-refractivity contribution is -0.113. The summed E-state index contributed by atoms with van der Waals surface area (Å²) < 4.78 is 5.21. The zero-order valence-corrected chi connectivity index (χ0v) is 15.4. The third kappa shape index (κ3) is 4.71. The summed E-state index contributed by atoms with van der Waals surface area (Å²) in [4.78, 5) is 16.4. The number of aromatic nitrogens is 3. The van der Waals surface area contributed by atoms with Gasteiger partial charge in [-0.25, -0.2) is 0 Å². The van der Waals surface area contributed by atoms with E-state index in [1.54, 1.807) is 24.4 Å². The van der Waals surface area contributed by atoms with Gasteiger partial charge in [-0.1, -0.05) is 29.4 Å². The molecule has 1 amide bonds. The Bertz CT molecular complexity index is 891. The summed E-state index contributed by atoms with van der Waals surface area (Å²) in [5.41, 5.74) is 1.97. The Morgan fingerprint density at radius 2 is 2.04 bits per heavy atom. The van der Waals surface area contributed by atoms with Crippen molar-refractivity contribution in [3.8, 4) is 17.1 Å². The Morgan fingerprint density at radius 3 is 2.73 bits per heavy atom. The number of methoxy groups -OCH3 is 1. The second-order valence-electron chi connectivity index (χ2n) is 5.15. The minimum absolute atomic E-state index is 0.188. The predicted octanol–water partition coefficient (Wildman–Crippen LogP) is 3.93. The molecular weight excluding hydrogens is 372 g/mol. The lowest BCUT2D eigenvalue weighted by atomic mass is 10.2. The molecule has 0 bridgehead atoms. The van der Waals surface area contributed by atoms with E-state index in [9.17, 15) is 4.79 Å². The molecule has 0 saturated carbocycles. The number of ether oxygens (including phenoxy) is 1. The molecular formula is C18H15ClN4O2S. The van der Waals surface area contributed by atoms with Crippen LogP contribution in [0, 0.1) is 0 Å². The molecule has 0 saturated heterocycles. The van der Waals surface area contributed by atoms with Crippen LogP contribution in [0.5, 0.6) is 5.75 Å². The Labute approximate surface area is 160 Å². The fraction of sp³-hybridized carbons (Fsp3) is 0.111. The summed E-state index contributed by atoms with van der Waals surface area (Å²) in [6, 6.07) is 14.3. The highest BCUT2D eigenvalue weighted by atomic mass is 35.5. The molecule has 2 heterocycles. The van der Waals surface area contributed by atoms with Crippen LogP contribution in [0.3, 0.4) is 0 Å². The average molecular weight is 387 g/mol. The normalized spacial score (nSPS) is 10.4. The van der Waals surface area contributed by atoms with Gasteiger partial charge in [-0.2, -0.15) is 0 Å². The molecule has 0 unspecified atom stereocenters. The van der Waals surface area contributed by atoms with E-state index in [0.29, 0.717) is 27.2 Å². The average Bonchev–Trinajstić information content (AvgIpc) is 2.68. The highest BCUT2D eigenvalue weighted by molar-refractivity contribution is 7.99. The maximum Gasteiger partial charge on any atom is 0.234 e. The number of carbonyl (C=O) groups is 1. The fourth-order valence-electron chi connectivity index (χ4n) is 2.15. The topological polar surface area (TPSA) is 77.0 Å². The van der Waals surface area contributed by atoms with Crippen LogP contribution in [0.1, 0.15) is 0 Å². The number of nitrogens with zero attached hydrogens (tertiary/aromatic N) is 3. The molecule has 0 aliphatic heterocycles. The summed E-state index contributed by atoms with van der Waals surface area (Å²) >= 11 is 7.25. The lowest BCUT2D eigenvalue weighted by Crippen LogP contribution is -2.14. The third-order valence-electron chi connectivity index (χ3n) is 3.35. The van der Waals surface area contributed by atoms with E-state index in [2.05, 4.69) is 20.5 Å². The third-order valence-corrected chi connectivity index (χ3v) is 4.51. The van der Waals surface area contributed by atoms with Crippen LogP contribution in [0.4, 0.5) is 5.69 Å². The SMILES string of the molecule is COc1ccc(Cl)cc1NC(=O)CSc1ccc(-c2ccccn2)nn1. The number of halogens is 1. The monoisotopic (exact) mass is 386 g/mol. The molecule has 0 radical (unpaired) electrons. The number of carbonyl (C=O) groups excluding carboxylic acids is 1. The Kier molecular flexibility index (Phi) is 6.04. The molecule has 0 aliphatic rings. The van der Waals surface area contributed by atoms with E-state index in [4.69, 9.17) is 16.3 Å². The van der Waals surface area contributed by atoms with Crippen molar-refractivity contribution in [2.75, 3.05) is 18.2 Å². The van der Waals surface area contributed by atoms with E-state index in [0.717, 1.165) is 5.69 Å². The molecule has 0 atom stereocenters. The van der Waals surface area contributed by atoms with Gasteiger partial charge in [0.25, 0.3) is 0 Å². The zero-order chi connectivity index (χ0) is 18.4. The molecule has 0 spiro atoms. The minimum Gasteiger partial charge on any atom is -0.495 e. The number of rotatable bonds is 6. The van der Waals surface area contributed by atoms with Gasteiger partial charge in [0.05, 0.1) is 24.2 Å². The van der Waals surface area contributed by atoms with Gasteiger partial charge < -0.3 is 10.1 Å². The van der Waals surface area contributed by atoms with Crippen molar-refractivity contribution in [3.05, 3.63) is 59.8 Å². The minimum atomic E-state index is -0.189. The first kappa shape index (κ1) is 18.2. The first-order chi connectivity index (χ1) is 12.7. The predicted molar refractivity (Wildman–Crippen MR) is 103 cm³/mol. The van der Waals surface area contributed by atoms with Crippen molar-refractivity contribution in [1.29, 1.82) is 0 Å². The maximum atomic E-state index is 12.2.